The molecule has 3 heterocycles. The van der Waals surface area contributed by atoms with Crippen LogP contribution in [-0.2, 0) is 19.4 Å². The van der Waals surface area contributed by atoms with Gasteiger partial charge in [0.25, 0.3) is 0 Å². The Hall–Kier alpha value is -2.17. The van der Waals surface area contributed by atoms with E-state index in [-0.39, 0.29) is 24.0 Å². The fourth-order valence-corrected chi connectivity index (χ4v) is 2.77. The Kier molecular flexibility index (Phi) is 8.49. The molecule has 27 heavy (non-hydrogen) atoms. The van der Waals surface area contributed by atoms with Gasteiger partial charge in [-0.3, -0.25) is 4.99 Å². The maximum Gasteiger partial charge on any atom is 0.191 e. The topological polar surface area (TPSA) is 84.4 Å². The molecule has 0 atom stereocenters. The Balaban J connectivity index is 0.00000261. The van der Waals surface area contributed by atoms with E-state index in [1.165, 1.54) is 0 Å². The molecule has 3 aromatic rings. The predicted octanol–water partition coefficient (Wildman–Crippen LogP) is 1.90. The minimum absolute atomic E-state index is 0. The van der Waals surface area contributed by atoms with E-state index in [2.05, 4.69) is 55.4 Å². The number of rotatable bonds is 8. The van der Waals surface area contributed by atoms with Crippen LogP contribution in [0.3, 0.4) is 0 Å². The second-order valence-corrected chi connectivity index (χ2v) is 5.93. The minimum Gasteiger partial charge on any atom is -0.357 e. The van der Waals surface area contributed by atoms with Crippen molar-refractivity contribution in [1.82, 2.24) is 34.8 Å². The van der Waals surface area contributed by atoms with E-state index in [0.29, 0.717) is 6.54 Å². The molecule has 2 N–H and O–H groups in total. The van der Waals surface area contributed by atoms with Gasteiger partial charge in [-0.05, 0) is 19.1 Å². The van der Waals surface area contributed by atoms with Crippen molar-refractivity contribution in [2.24, 2.45) is 4.99 Å². The number of hydrogen-bond donors (Lipinski definition) is 2. The number of pyridine rings is 1. The third-order valence-corrected chi connectivity index (χ3v) is 4.05. The normalized spacial score (nSPS) is 11.4. The first-order valence-corrected chi connectivity index (χ1v) is 9.11. The van der Waals surface area contributed by atoms with E-state index in [0.717, 1.165) is 55.6 Å². The Morgan fingerprint density at radius 1 is 1.22 bits per heavy atom. The van der Waals surface area contributed by atoms with Crippen molar-refractivity contribution in [2.45, 2.75) is 33.2 Å². The Morgan fingerprint density at radius 3 is 2.89 bits per heavy atom. The summed E-state index contributed by atoms with van der Waals surface area (Å²) in [4.78, 5) is 9.25. The van der Waals surface area contributed by atoms with Gasteiger partial charge in [0, 0.05) is 51.4 Å². The average molecular weight is 482 g/mol. The molecule has 0 unspecified atom stereocenters. The summed E-state index contributed by atoms with van der Waals surface area (Å²) >= 11 is 0. The molecule has 9 heteroatoms. The first-order valence-electron chi connectivity index (χ1n) is 9.11. The van der Waals surface area contributed by atoms with Crippen molar-refractivity contribution < 1.29 is 0 Å². The predicted molar refractivity (Wildman–Crippen MR) is 118 cm³/mol. The maximum absolute atomic E-state index is 4.65. The van der Waals surface area contributed by atoms with Crippen LogP contribution in [0.5, 0.6) is 0 Å². The van der Waals surface area contributed by atoms with Crippen LogP contribution >= 0.6 is 24.0 Å². The molecule has 0 aliphatic carbocycles. The van der Waals surface area contributed by atoms with Gasteiger partial charge in [0.1, 0.15) is 17.8 Å². The molecule has 0 fully saturated rings. The van der Waals surface area contributed by atoms with Gasteiger partial charge in [0.2, 0.25) is 0 Å². The zero-order chi connectivity index (χ0) is 18.2. The number of aliphatic imine (C=N–C) groups is 1. The van der Waals surface area contributed by atoms with Crippen molar-refractivity contribution in [1.29, 1.82) is 0 Å². The fraction of sp³-hybridized carbons (Fsp3) is 0.444. The first-order chi connectivity index (χ1) is 12.8. The Labute approximate surface area is 176 Å². The fourth-order valence-electron chi connectivity index (χ4n) is 2.77. The standard InChI is InChI=1S/C18H26N8.HI/c1-3-16-24-22-14-26(16)12-10-21-18(19-4-2)20-9-8-15-13-25-11-6-5-7-17(25)23-15;/h5-7,11,13-14H,3-4,8-10,12H2,1-2H3,(H2,19,20,21);1H. The highest BCUT2D eigenvalue weighted by atomic mass is 127. The molecule has 0 saturated carbocycles. The molecule has 0 aliphatic heterocycles. The van der Waals surface area contributed by atoms with Crippen LogP contribution in [0.25, 0.3) is 5.65 Å². The van der Waals surface area contributed by atoms with E-state index < -0.39 is 0 Å². The summed E-state index contributed by atoms with van der Waals surface area (Å²) in [5, 5.41) is 14.7. The lowest BCUT2D eigenvalue weighted by Gasteiger charge is -2.12. The molecular formula is C18H27IN8. The van der Waals surface area contributed by atoms with Crippen molar-refractivity contribution in [3.63, 3.8) is 0 Å². The average Bonchev–Trinajstić information content (AvgIpc) is 3.27. The molecule has 0 aliphatic rings. The van der Waals surface area contributed by atoms with E-state index in [1.54, 1.807) is 6.33 Å². The lowest BCUT2D eigenvalue weighted by Crippen LogP contribution is -2.39. The third-order valence-electron chi connectivity index (χ3n) is 4.05. The van der Waals surface area contributed by atoms with Crippen LogP contribution in [-0.4, -0.2) is 49.7 Å². The number of halogens is 1. The smallest absolute Gasteiger partial charge is 0.191 e. The summed E-state index contributed by atoms with van der Waals surface area (Å²) in [6, 6.07) is 6.01. The van der Waals surface area contributed by atoms with Crippen molar-refractivity contribution in [3.8, 4) is 0 Å². The van der Waals surface area contributed by atoms with E-state index in [9.17, 15) is 0 Å². The molecule has 0 saturated heterocycles. The second kappa shape index (κ2) is 10.9. The van der Waals surface area contributed by atoms with Crippen molar-refractivity contribution >= 4 is 35.6 Å². The SMILES string of the molecule is CCNC(=NCCc1cn2ccccc2n1)NCCn1cnnc1CC.I. The number of hydrogen-bond acceptors (Lipinski definition) is 4. The van der Waals surface area contributed by atoms with Crippen LogP contribution < -0.4 is 10.6 Å². The van der Waals surface area contributed by atoms with Crippen molar-refractivity contribution in [2.75, 3.05) is 19.6 Å². The summed E-state index contributed by atoms with van der Waals surface area (Å²) in [5.41, 5.74) is 2.02. The van der Waals surface area contributed by atoms with Gasteiger partial charge in [-0.2, -0.15) is 0 Å². The number of nitrogens with one attached hydrogen (secondary N) is 2. The van der Waals surface area contributed by atoms with Gasteiger partial charge >= 0.3 is 0 Å². The number of aromatic nitrogens is 5. The van der Waals surface area contributed by atoms with E-state index in [1.807, 2.05) is 28.8 Å². The molecule has 0 bridgehead atoms. The van der Waals surface area contributed by atoms with Crippen LogP contribution in [0.15, 0.2) is 41.9 Å². The number of fused-ring (bicyclic) bond motifs is 1. The van der Waals surface area contributed by atoms with Gasteiger partial charge in [-0.25, -0.2) is 4.98 Å². The molecule has 3 aromatic heterocycles. The Morgan fingerprint density at radius 2 is 2.11 bits per heavy atom. The molecule has 8 nitrogen and oxygen atoms in total. The maximum atomic E-state index is 4.65. The van der Waals surface area contributed by atoms with E-state index in [4.69, 9.17) is 0 Å². The third kappa shape index (κ3) is 5.91. The summed E-state index contributed by atoms with van der Waals surface area (Å²) in [6.07, 6.45) is 7.53. The molecule has 0 aromatic carbocycles. The molecular weight excluding hydrogens is 455 g/mol. The number of aryl methyl sites for hydroxylation is 1. The van der Waals surface area contributed by atoms with Gasteiger partial charge in [-0.1, -0.05) is 13.0 Å². The summed E-state index contributed by atoms with van der Waals surface area (Å²) < 4.78 is 4.10. The minimum atomic E-state index is 0. The summed E-state index contributed by atoms with van der Waals surface area (Å²) in [7, 11) is 0. The van der Waals surface area contributed by atoms with Gasteiger partial charge in [0.05, 0.1) is 5.69 Å². The van der Waals surface area contributed by atoms with Gasteiger partial charge in [0.15, 0.2) is 5.96 Å². The first kappa shape index (κ1) is 21.1. The molecule has 0 spiro atoms. The van der Waals surface area contributed by atoms with Crippen LogP contribution in [0, 0.1) is 0 Å². The highest BCUT2D eigenvalue weighted by Gasteiger charge is 2.03. The monoisotopic (exact) mass is 482 g/mol. The Bertz CT molecular complexity index is 821. The van der Waals surface area contributed by atoms with Crippen LogP contribution in [0.1, 0.15) is 25.4 Å². The zero-order valence-corrected chi connectivity index (χ0v) is 18.1. The van der Waals surface area contributed by atoms with Crippen LogP contribution in [0.2, 0.25) is 0 Å². The number of imidazole rings is 1. The van der Waals surface area contributed by atoms with Gasteiger partial charge < -0.3 is 19.6 Å². The highest BCUT2D eigenvalue weighted by molar-refractivity contribution is 14.0. The van der Waals surface area contributed by atoms with Crippen LogP contribution in [0.4, 0.5) is 0 Å². The molecule has 3 rings (SSSR count). The number of nitrogens with zero attached hydrogens (tertiary/aromatic N) is 6. The number of guanidine groups is 1. The highest BCUT2D eigenvalue weighted by Crippen LogP contribution is 2.05. The molecule has 0 radical (unpaired) electrons. The molecule has 146 valence electrons. The summed E-state index contributed by atoms with van der Waals surface area (Å²) in [6.45, 7) is 7.24. The zero-order valence-electron chi connectivity index (χ0n) is 15.8. The quantitative estimate of drug-likeness (QED) is 0.291. The van der Waals surface area contributed by atoms with Crippen molar-refractivity contribution in [3.05, 3.63) is 48.4 Å². The van der Waals surface area contributed by atoms with E-state index >= 15 is 0 Å². The lowest BCUT2D eigenvalue weighted by molar-refractivity contribution is 0.632. The lowest BCUT2D eigenvalue weighted by atomic mass is 10.3. The molecule has 0 amide bonds. The summed E-state index contributed by atoms with van der Waals surface area (Å²) in [5.74, 6) is 1.82. The van der Waals surface area contributed by atoms with Gasteiger partial charge in [-0.15, -0.1) is 34.2 Å². The second-order valence-electron chi connectivity index (χ2n) is 5.93. The largest absolute Gasteiger partial charge is 0.357 e.